The van der Waals surface area contributed by atoms with E-state index in [1.807, 2.05) is 0 Å². The Kier molecular flexibility index (Phi) is 4.13. The van der Waals surface area contributed by atoms with E-state index in [0.717, 1.165) is 32.2 Å². The maximum atomic E-state index is 12.7. The molecule has 5 heteroatoms. The Morgan fingerprint density at radius 2 is 2.00 bits per heavy atom. The molecule has 2 aliphatic rings. The smallest absolute Gasteiger partial charge is 0.240 e. The summed E-state index contributed by atoms with van der Waals surface area (Å²) in [5, 5.41) is 3.32. The number of hydrogen-bond acceptors (Lipinski definition) is 3. The first-order chi connectivity index (χ1) is 8.93. The third kappa shape index (κ3) is 2.91. The van der Waals surface area contributed by atoms with Crippen LogP contribution in [-0.2, 0) is 9.59 Å². The summed E-state index contributed by atoms with van der Waals surface area (Å²) >= 11 is 0. The van der Waals surface area contributed by atoms with E-state index in [9.17, 15) is 9.59 Å². The summed E-state index contributed by atoms with van der Waals surface area (Å²) in [6.45, 7) is 5.76. The Hall–Kier alpha value is -1.10. The molecule has 2 heterocycles. The van der Waals surface area contributed by atoms with Crippen LogP contribution in [-0.4, -0.2) is 41.9 Å². The second-order valence-electron chi connectivity index (χ2n) is 6.42. The number of primary amides is 1. The first-order valence-corrected chi connectivity index (χ1v) is 7.27. The second-order valence-corrected chi connectivity index (χ2v) is 6.42. The highest BCUT2D eigenvalue weighted by Gasteiger charge is 2.42. The lowest BCUT2D eigenvalue weighted by Gasteiger charge is -2.43. The Balaban J connectivity index is 2.14. The van der Waals surface area contributed by atoms with E-state index in [0.29, 0.717) is 13.0 Å². The zero-order valence-corrected chi connectivity index (χ0v) is 11.9. The van der Waals surface area contributed by atoms with Crippen molar-refractivity contribution in [1.82, 2.24) is 10.2 Å². The second kappa shape index (κ2) is 5.49. The third-order valence-electron chi connectivity index (χ3n) is 4.49. The molecule has 19 heavy (non-hydrogen) atoms. The average molecular weight is 267 g/mol. The highest BCUT2D eigenvalue weighted by molar-refractivity contribution is 5.89. The van der Waals surface area contributed by atoms with Crippen molar-refractivity contribution in [3.05, 3.63) is 0 Å². The van der Waals surface area contributed by atoms with E-state index in [2.05, 4.69) is 19.2 Å². The molecule has 3 N–H and O–H groups in total. The predicted octanol–water partition coefficient (Wildman–Crippen LogP) is 0.631. The molecule has 2 aliphatic heterocycles. The van der Waals surface area contributed by atoms with E-state index in [-0.39, 0.29) is 23.3 Å². The van der Waals surface area contributed by atoms with Gasteiger partial charge in [-0.3, -0.25) is 9.59 Å². The Labute approximate surface area is 114 Å². The fraction of sp³-hybridized carbons (Fsp3) is 0.857. The van der Waals surface area contributed by atoms with Crippen LogP contribution in [0, 0.1) is 5.41 Å². The van der Waals surface area contributed by atoms with Gasteiger partial charge in [-0.25, -0.2) is 0 Å². The van der Waals surface area contributed by atoms with Crippen molar-refractivity contribution in [2.24, 2.45) is 11.1 Å². The topological polar surface area (TPSA) is 75.4 Å². The van der Waals surface area contributed by atoms with Crippen LogP contribution in [0.25, 0.3) is 0 Å². The summed E-state index contributed by atoms with van der Waals surface area (Å²) < 4.78 is 0. The van der Waals surface area contributed by atoms with Gasteiger partial charge in [0.2, 0.25) is 11.8 Å². The lowest BCUT2D eigenvalue weighted by Crippen LogP contribution is -2.61. The molecule has 0 aromatic heterocycles. The van der Waals surface area contributed by atoms with E-state index in [1.54, 1.807) is 4.90 Å². The molecular weight excluding hydrogens is 242 g/mol. The predicted molar refractivity (Wildman–Crippen MR) is 73.4 cm³/mol. The molecule has 2 amide bonds. The molecule has 108 valence electrons. The molecule has 5 nitrogen and oxygen atoms in total. The number of likely N-dealkylation sites (tertiary alicyclic amines) is 1. The van der Waals surface area contributed by atoms with Gasteiger partial charge in [0.05, 0.1) is 6.04 Å². The lowest BCUT2D eigenvalue weighted by molar-refractivity contribution is -0.145. The molecule has 2 unspecified atom stereocenters. The minimum Gasteiger partial charge on any atom is -0.368 e. The molecule has 0 bridgehead atoms. The maximum Gasteiger partial charge on any atom is 0.240 e. The third-order valence-corrected chi connectivity index (χ3v) is 4.49. The molecule has 0 aromatic carbocycles. The number of amides is 2. The molecular formula is C14H25N3O2. The molecule has 2 fully saturated rings. The fourth-order valence-corrected chi connectivity index (χ4v) is 3.29. The highest BCUT2D eigenvalue weighted by Crippen LogP contribution is 2.32. The molecule has 0 saturated carbocycles. The first-order valence-electron chi connectivity index (χ1n) is 7.27. The molecule has 2 rings (SSSR count). The number of hydrogen-bond donors (Lipinski definition) is 2. The summed E-state index contributed by atoms with van der Waals surface area (Å²) in [5.74, 6) is -0.324. The van der Waals surface area contributed by atoms with Crippen molar-refractivity contribution in [2.45, 2.75) is 58.0 Å². The van der Waals surface area contributed by atoms with Crippen molar-refractivity contribution in [2.75, 3.05) is 13.1 Å². The van der Waals surface area contributed by atoms with Gasteiger partial charge in [0, 0.05) is 6.54 Å². The summed E-state index contributed by atoms with van der Waals surface area (Å²) in [5.41, 5.74) is 5.38. The van der Waals surface area contributed by atoms with Crippen LogP contribution in [0.4, 0.5) is 0 Å². The van der Waals surface area contributed by atoms with Crippen LogP contribution in [0.5, 0.6) is 0 Å². The largest absolute Gasteiger partial charge is 0.368 e. The van der Waals surface area contributed by atoms with Crippen LogP contribution in [0.2, 0.25) is 0 Å². The normalized spacial score (nSPS) is 30.9. The molecule has 2 saturated heterocycles. The Bertz CT molecular complexity index is 368. The van der Waals surface area contributed by atoms with E-state index in [1.165, 1.54) is 0 Å². The average Bonchev–Trinajstić information content (AvgIpc) is 2.37. The Morgan fingerprint density at radius 1 is 1.26 bits per heavy atom. The molecule has 0 aromatic rings. The summed E-state index contributed by atoms with van der Waals surface area (Å²) in [4.78, 5) is 26.0. The maximum absolute atomic E-state index is 12.7. The van der Waals surface area contributed by atoms with Crippen LogP contribution in [0.3, 0.4) is 0 Å². The zero-order chi connectivity index (χ0) is 14.0. The van der Waals surface area contributed by atoms with Crippen molar-refractivity contribution < 1.29 is 9.59 Å². The van der Waals surface area contributed by atoms with Gasteiger partial charge < -0.3 is 16.0 Å². The lowest BCUT2D eigenvalue weighted by atomic mass is 9.76. The van der Waals surface area contributed by atoms with Crippen LogP contribution >= 0.6 is 0 Å². The number of nitrogens with two attached hydrogens (primary N) is 1. The van der Waals surface area contributed by atoms with Gasteiger partial charge >= 0.3 is 0 Å². The minimum absolute atomic E-state index is 0.0493. The molecule has 2 atom stereocenters. The number of rotatable bonds is 2. The standard InChI is InChI=1S/C14H25N3O2/c1-14(2)7-5-8-16-11(14)13(19)17-9-4-3-6-10(17)12(15)18/h10-11,16H,3-9H2,1-2H3,(H2,15,18). The monoisotopic (exact) mass is 267 g/mol. The van der Waals surface area contributed by atoms with Crippen molar-refractivity contribution in [3.8, 4) is 0 Å². The Morgan fingerprint density at radius 3 is 2.63 bits per heavy atom. The van der Waals surface area contributed by atoms with Gasteiger partial charge in [-0.15, -0.1) is 0 Å². The summed E-state index contributed by atoms with van der Waals surface area (Å²) in [6.07, 6.45) is 4.76. The van der Waals surface area contributed by atoms with Crippen molar-refractivity contribution in [1.29, 1.82) is 0 Å². The van der Waals surface area contributed by atoms with Gasteiger partial charge in [0.15, 0.2) is 0 Å². The molecule has 0 aliphatic carbocycles. The van der Waals surface area contributed by atoms with Gasteiger partial charge in [-0.05, 0) is 44.1 Å². The number of carbonyl (C=O) groups is 2. The number of piperidine rings is 2. The van der Waals surface area contributed by atoms with Gasteiger partial charge in [-0.1, -0.05) is 13.8 Å². The van der Waals surface area contributed by atoms with Crippen molar-refractivity contribution in [3.63, 3.8) is 0 Å². The van der Waals surface area contributed by atoms with E-state index in [4.69, 9.17) is 5.73 Å². The summed E-state index contributed by atoms with van der Waals surface area (Å²) in [6, 6.07) is -0.609. The quantitative estimate of drug-likeness (QED) is 0.770. The summed E-state index contributed by atoms with van der Waals surface area (Å²) in [7, 11) is 0. The van der Waals surface area contributed by atoms with E-state index >= 15 is 0 Å². The highest BCUT2D eigenvalue weighted by atomic mass is 16.2. The van der Waals surface area contributed by atoms with Crippen LogP contribution in [0.15, 0.2) is 0 Å². The zero-order valence-electron chi connectivity index (χ0n) is 11.9. The van der Waals surface area contributed by atoms with Crippen molar-refractivity contribution >= 4 is 11.8 Å². The first kappa shape index (κ1) is 14.3. The molecule has 0 radical (unpaired) electrons. The SMILES string of the molecule is CC1(C)CCCNC1C(=O)N1CCCCC1C(N)=O. The van der Waals surface area contributed by atoms with Crippen LogP contribution in [0.1, 0.15) is 46.0 Å². The molecule has 0 spiro atoms. The number of nitrogens with one attached hydrogen (secondary N) is 1. The minimum atomic E-state index is -0.416. The van der Waals surface area contributed by atoms with Gasteiger partial charge in [-0.2, -0.15) is 0 Å². The van der Waals surface area contributed by atoms with Gasteiger partial charge in [0.25, 0.3) is 0 Å². The van der Waals surface area contributed by atoms with Gasteiger partial charge in [0.1, 0.15) is 6.04 Å². The van der Waals surface area contributed by atoms with E-state index < -0.39 is 6.04 Å². The number of carbonyl (C=O) groups excluding carboxylic acids is 2. The fourth-order valence-electron chi connectivity index (χ4n) is 3.29. The van der Waals surface area contributed by atoms with Crippen LogP contribution < -0.4 is 11.1 Å². The number of nitrogens with zero attached hydrogens (tertiary/aromatic N) is 1.